The second-order valence-electron chi connectivity index (χ2n) is 6.24. The average Bonchev–Trinajstić information content (AvgIpc) is 2.71. The van der Waals surface area contributed by atoms with Crippen molar-refractivity contribution in [3.63, 3.8) is 0 Å². The molecule has 0 aliphatic heterocycles. The molecule has 0 radical (unpaired) electrons. The molecule has 1 heterocycles. The SMILES string of the molecule is Fc1cccc(CNc2nc(NCc3ccccc3)c3ccccc3n2)c1. The summed E-state index contributed by atoms with van der Waals surface area (Å²) in [5.41, 5.74) is 2.87. The molecule has 0 fully saturated rings. The van der Waals surface area contributed by atoms with Crippen molar-refractivity contribution >= 4 is 22.7 Å². The van der Waals surface area contributed by atoms with E-state index < -0.39 is 0 Å². The van der Waals surface area contributed by atoms with E-state index in [1.165, 1.54) is 17.7 Å². The van der Waals surface area contributed by atoms with Gasteiger partial charge in [0.25, 0.3) is 0 Å². The first-order valence-corrected chi connectivity index (χ1v) is 8.81. The molecule has 3 aromatic carbocycles. The Bertz CT molecular complexity index is 1050. The third-order valence-corrected chi connectivity index (χ3v) is 4.25. The van der Waals surface area contributed by atoms with Gasteiger partial charge in [-0.05, 0) is 35.4 Å². The number of benzene rings is 3. The summed E-state index contributed by atoms with van der Waals surface area (Å²) in [5.74, 6) is 1.03. The van der Waals surface area contributed by atoms with Crippen LogP contribution in [0.1, 0.15) is 11.1 Å². The molecule has 0 atom stereocenters. The molecule has 4 aromatic rings. The largest absolute Gasteiger partial charge is 0.365 e. The summed E-state index contributed by atoms with van der Waals surface area (Å²) in [6, 6.07) is 24.5. The Morgan fingerprint density at radius 1 is 0.704 bits per heavy atom. The first kappa shape index (κ1) is 17.0. The zero-order chi connectivity index (χ0) is 18.5. The van der Waals surface area contributed by atoms with Crippen molar-refractivity contribution in [1.29, 1.82) is 0 Å². The van der Waals surface area contributed by atoms with Crippen LogP contribution in [0.15, 0.2) is 78.9 Å². The van der Waals surface area contributed by atoms with E-state index in [4.69, 9.17) is 0 Å². The molecule has 0 bridgehead atoms. The summed E-state index contributed by atoms with van der Waals surface area (Å²) in [7, 11) is 0. The molecule has 0 aliphatic rings. The van der Waals surface area contributed by atoms with Crippen LogP contribution in [0.5, 0.6) is 0 Å². The highest BCUT2D eigenvalue weighted by molar-refractivity contribution is 5.90. The first-order valence-electron chi connectivity index (χ1n) is 8.81. The van der Waals surface area contributed by atoms with Gasteiger partial charge in [-0.15, -0.1) is 0 Å². The van der Waals surface area contributed by atoms with Gasteiger partial charge < -0.3 is 10.6 Å². The van der Waals surface area contributed by atoms with Crippen molar-refractivity contribution in [1.82, 2.24) is 9.97 Å². The second kappa shape index (κ2) is 7.83. The average molecular weight is 358 g/mol. The number of hydrogen-bond donors (Lipinski definition) is 2. The van der Waals surface area contributed by atoms with Crippen LogP contribution in [-0.2, 0) is 13.1 Å². The number of hydrogen-bond acceptors (Lipinski definition) is 4. The van der Waals surface area contributed by atoms with Crippen molar-refractivity contribution in [2.45, 2.75) is 13.1 Å². The van der Waals surface area contributed by atoms with Gasteiger partial charge >= 0.3 is 0 Å². The predicted octanol–water partition coefficient (Wildman–Crippen LogP) is 4.99. The van der Waals surface area contributed by atoms with Crippen molar-refractivity contribution in [3.8, 4) is 0 Å². The van der Waals surface area contributed by atoms with E-state index in [9.17, 15) is 4.39 Å². The fraction of sp³-hybridized carbons (Fsp3) is 0.0909. The lowest BCUT2D eigenvalue weighted by Crippen LogP contribution is -2.08. The number of aromatic nitrogens is 2. The summed E-state index contributed by atoms with van der Waals surface area (Å²) in [6.07, 6.45) is 0. The van der Waals surface area contributed by atoms with Crippen LogP contribution in [0.4, 0.5) is 16.2 Å². The van der Waals surface area contributed by atoms with E-state index in [1.54, 1.807) is 6.07 Å². The number of rotatable bonds is 6. The zero-order valence-electron chi connectivity index (χ0n) is 14.7. The second-order valence-corrected chi connectivity index (χ2v) is 6.24. The van der Waals surface area contributed by atoms with Crippen molar-refractivity contribution in [2.75, 3.05) is 10.6 Å². The topological polar surface area (TPSA) is 49.8 Å². The highest BCUT2D eigenvalue weighted by atomic mass is 19.1. The van der Waals surface area contributed by atoms with E-state index in [2.05, 4.69) is 32.7 Å². The molecular formula is C22H19FN4. The Morgan fingerprint density at radius 3 is 2.30 bits per heavy atom. The predicted molar refractivity (Wildman–Crippen MR) is 107 cm³/mol. The van der Waals surface area contributed by atoms with Crippen molar-refractivity contribution in [2.24, 2.45) is 0 Å². The highest BCUT2D eigenvalue weighted by Gasteiger charge is 2.07. The van der Waals surface area contributed by atoms with Crippen molar-refractivity contribution < 1.29 is 4.39 Å². The van der Waals surface area contributed by atoms with Gasteiger partial charge in [0.15, 0.2) is 0 Å². The number of fused-ring (bicyclic) bond motifs is 1. The van der Waals surface area contributed by atoms with Crippen LogP contribution < -0.4 is 10.6 Å². The van der Waals surface area contributed by atoms with Gasteiger partial charge in [-0.3, -0.25) is 0 Å². The standard InChI is InChI=1S/C22H19FN4/c23-18-10-6-9-17(13-18)15-25-22-26-20-12-5-4-11-19(20)21(27-22)24-14-16-7-2-1-3-8-16/h1-13H,14-15H2,(H2,24,25,26,27). The molecule has 0 aliphatic carbocycles. The summed E-state index contributed by atoms with van der Waals surface area (Å²) in [4.78, 5) is 9.20. The Balaban J connectivity index is 1.58. The van der Waals surface area contributed by atoms with Crippen LogP contribution in [0.25, 0.3) is 10.9 Å². The minimum absolute atomic E-state index is 0.251. The molecule has 0 saturated heterocycles. The minimum atomic E-state index is -0.251. The van der Waals surface area contributed by atoms with Gasteiger partial charge in [0.2, 0.25) is 5.95 Å². The van der Waals surface area contributed by atoms with E-state index in [1.807, 2.05) is 48.5 Å². The van der Waals surface area contributed by atoms with Crippen molar-refractivity contribution in [3.05, 3.63) is 95.8 Å². The molecular weight excluding hydrogens is 339 g/mol. The van der Waals surface area contributed by atoms with Gasteiger partial charge in [-0.25, -0.2) is 9.37 Å². The number of nitrogens with zero attached hydrogens (tertiary/aromatic N) is 2. The molecule has 4 nitrogen and oxygen atoms in total. The number of halogens is 1. The summed E-state index contributed by atoms with van der Waals surface area (Å²) < 4.78 is 13.4. The Hall–Kier alpha value is -3.47. The highest BCUT2D eigenvalue weighted by Crippen LogP contribution is 2.22. The molecule has 5 heteroatoms. The smallest absolute Gasteiger partial charge is 0.225 e. The molecule has 0 spiro atoms. The maximum absolute atomic E-state index is 13.4. The molecule has 2 N–H and O–H groups in total. The number of anilines is 2. The van der Waals surface area contributed by atoms with E-state index in [-0.39, 0.29) is 5.82 Å². The quantitative estimate of drug-likeness (QED) is 0.510. The summed E-state index contributed by atoms with van der Waals surface area (Å²) in [6.45, 7) is 1.12. The van der Waals surface area contributed by atoms with Crippen LogP contribution in [0.3, 0.4) is 0 Å². The third-order valence-electron chi connectivity index (χ3n) is 4.25. The summed E-state index contributed by atoms with van der Waals surface area (Å²) in [5, 5.41) is 7.55. The fourth-order valence-electron chi connectivity index (χ4n) is 2.90. The number of nitrogens with one attached hydrogen (secondary N) is 2. The molecule has 134 valence electrons. The van der Waals surface area contributed by atoms with Gasteiger partial charge in [-0.2, -0.15) is 4.98 Å². The monoisotopic (exact) mass is 358 g/mol. The Labute approximate surface area is 157 Å². The van der Waals surface area contributed by atoms with Gasteiger partial charge in [-0.1, -0.05) is 54.6 Å². The lowest BCUT2D eigenvalue weighted by atomic mass is 10.2. The van der Waals surface area contributed by atoms with Gasteiger partial charge in [0.1, 0.15) is 11.6 Å². The lowest BCUT2D eigenvalue weighted by Gasteiger charge is -2.12. The van der Waals surface area contributed by atoms with Crippen LogP contribution in [0.2, 0.25) is 0 Å². The van der Waals surface area contributed by atoms with Gasteiger partial charge in [0.05, 0.1) is 5.52 Å². The van der Waals surface area contributed by atoms with E-state index in [0.717, 1.165) is 22.3 Å². The van der Waals surface area contributed by atoms with E-state index >= 15 is 0 Å². The molecule has 1 aromatic heterocycles. The minimum Gasteiger partial charge on any atom is -0.365 e. The summed E-state index contributed by atoms with van der Waals surface area (Å²) >= 11 is 0. The molecule has 0 saturated carbocycles. The fourth-order valence-corrected chi connectivity index (χ4v) is 2.90. The maximum atomic E-state index is 13.4. The third kappa shape index (κ3) is 4.20. The lowest BCUT2D eigenvalue weighted by molar-refractivity contribution is 0.626. The molecule has 27 heavy (non-hydrogen) atoms. The zero-order valence-corrected chi connectivity index (χ0v) is 14.7. The van der Waals surface area contributed by atoms with Gasteiger partial charge in [0, 0.05) is 18.5 Å². The van der Waals surface area contributed by atoms with Crippen LogP contribution in [0, 0.1) is 5.82 Å². The maximum Gasteiger partial charge on any atom is 0.225 e. The normalized spacial score (nSPS) is 10.7. The van der Waals surface area contributed by atoms with Crippen LogP contribution >= 0.6 is 0 Å². The first-order chi connectivity index (χ1) is 13.3. The Morgan fingerprint density at radius 2 is 1.44 bits per heavy atom. The molecule has 4 rings (SSSR count). The molecule has 0 unspecified atom stereocenters. The molecule has 0 amide bonds. The van der Waals surface area contributed by atoms with Crippen LogP contribution in [-0.4, -0.2) is 9.97 Å². The Kier molecular flexibility index (Phi) is 4.92. The number of para-hydroxylation sites is 1. The van der Waals surface area contributed by atoms with E-state index in [0.29, 0.717) is 19.0 Å².